The molecule has 2 aliphatic carbocycles. The minimum atomic E-state index is -3.67. The second-order valence-corrected chi connectivity index (χ2v) is 16.6. The Balaban J connectivity index is 1.66. The number of aliphatic hydroxyl groups excluding tert-OH is 1. The van der Waals surface area contributed by atoms with Crippen molar-refractivity contribution in [1.82, 2.24) is 9.62 Å². The van der Waals surface area contributed by atoms with Crippen molar-refractivity contribution >= 4 is 21.9 Å². The summed E-state index contributed by atoms with van der Waals surface area (Å²) < 4.78 is 45.7. The van der Waals surface area contributed by atoms with Gasteiger partial charge in [0, 0.05) is 31.0 Å². The molecule has 12 heteroatoms. The van der Waals surface area contributed by atoms with Crippen LogP contribution in [-0.4, -0.2) is 98.3 Å². The van der Waals surface area contributed by atoms with E-state index in [-0.39, 0.29) is 55.6 Å². The predicted octanol–water partition coefficient (Wildman–Crippen LogP) is 3.37. The molecule has 1 saturated heterocycles. The first-order valence-corrected chi connectivity index (χ1v) is 17.8. The number of nitrogens with one attached hydrogen (secondary N) is 1. The van der Waals surface area contributed by atoms with Gasteiger partial charge in [0.25, 0.3) is 0 Å². The van der Waals surface area contributed by atoms with Gasteiger partial charge in [0.15, 0.2) is 5.78 Å². The predicted molar refractivity (Wildman–Crippen MR) is 165 cm³/mol. The number of nitrogens with zero attached hydrogens (tertiary/aromatic N) is 1. The van der Waals surface area contributed by atoms with Gasteiger partial charge in [-0.2, -0.15) is 4.31 Å². The largest absolute Gasteiger partial charge is 0.444 e. The lowest BCUT2D eigenvalue weighted by Crippen LogP contribution is -2.53. The topological polar surface area (TPSA) is 157 Å². The summed E-state index contributed by atoms with van der Waals surface area (Å²) in [5.74, 6) is 0.333. The van der Waals surface area contributed by atoms with E-state index >= 15 is 0 Å². The van der Waals surface area contributed by atoms with E-state index in [9.17, 15) is 23.1 Å². The molecule has 2 saturated carbocycles. The lowest BCUT2D eigenvalue weighted by Gasteiger charge is -2.36. The number of Topliss-reactive ketones (excluding diaryl/α,β-unsaturated/α-hetero) is 1. The van der Waals surface area contributed by atoms with Gasteiger partial charge in [0.05, 0.1) is 36.7 Å². The molecule has 0 bridgehead atoms. The van der Waals surface area contributed by atoms with E-state index in [1.165, 1.54) is 4.31 Å². The molecule has 250 valence electrons. The third-order valence-electron chi connectivity index (χ3n) is 9.06. The average molecular weight is 632 g/mol. The zero-order chi connectivity index (χ0) is 31.8. The summed E-state index contributed by atoms with van der Waals surface area (Å²) in [5.41, 5.74) is 5.60. The Labute approximate surface area is 259 Å². The van der Waals surface area contributed by atoms with Crippen LogP contribution in [0.1, 0.15) is 98.8 Å². The molecular formula is C31H57N3O8S. The summed E-state index contributed by atoms with van der Waals surface area (Å²) in [5, 5.41) is 13.9. The van der Waals surface area contributed by atoms with Gasteiger partial charge in [-0.15, -0.1) is 0 Å². The van der Waals surface area contributed by atoms with Crippen LogP contribution < -0.4 is 11.1 Å². The van der Waals surface area contributed by atoms with Crippen molar-refractivity contribution in [1.29, 1.82) is 0 Å². The quantitative estimate of drug-likeness (QED) is 0.261. The van der Waals surface area contributed by atoms with Crippen molar-refractivity contribution in [3.05, 3.63) is 0 Å². The third kappa shape index (κ3) is 11.5. The molecular weight excluding hydrogens is 574 g/mol. The van der Waals surface area contributed by atoms with Crippen LogP contribution in [0.4, 0.5) is 4.79 Å². The summed E-state index contributed by atoms with van der Waals surface area (Å²) >= 11 is 0. The molecule has 0 radical (unpaired) electrons. The van der Waals surface area contributed by atoms with Crippen LogP contribution in [-0.2, 0) is 29.0 Å². The van der Waals surface area contributed by atoms with E-state index < -0.39 is 38.9 Å². The molecule has 11 nitrogen and oxygen atoms in total. The monoisotopic (exact) mass is 631 g/mol. The zero-order valence-corrected chi connectivity index (χ0v) is 27.8. The number of nitrogens with two attached hydrogens (primary N) is 1. The Morgan fingerprint density at radius 3 is 2.21 bits per heavy atom. The summed E-state index contributed by atoms with van der Waals surface area (Å²) in [6, 6.07) is -0.663. The van der Waals surface area contributed by atoms with E-state index in [4.69, 9.17) is 19.9 Å². The summed E-state index contributed by atoms with van der Waals surface area (Å²) in [7, 11) is -3.67. The van der Waals surface area contributed by atoms with E-state index in [2.05, 4.69) is 5.32 Å². The maximum absolute atomic E-state index is 13.7. The van der Waals surface area contributed by atoms with Crippen molar-refractivity contribution < 1.29 is 37.3 Å². The van der Waals surface area contributed by atoms with Gasteiger partial charge in [0.1, 0.15) is 12.7 Å². The highest BCUT2D eigenvalue weighted by Crippen LogP contribution is 2.32. The van der Waals surface area contributed by atoms with Gasteiger partial charge in [-0.3, -0.25) is 4.79 Å². The number of hydrogen-bond acceptors (Lipinski definition) is 9. The van der Waals surface area contributed by atoms with E-state index in [1.807, 2.05) is 34.6 Å². The Kier molecular flexibility index (Phi) is 13.7. The Morgan fingerprint density at radius 2 is 1.65 bits per heavy atom. The molecule has 43 heavy (non-hydrogen) atoms. The number of carbonyl (C=O) groups is 2. The van der Waals surface area contributed by atoms with Gasteiger partial charge in [-0.25, -0.2) is 13.2 Å². The SMILES string of the molecule is CC(C)CN(C[C@@H](O)[C@H](CC1CCC(OCC(=O)C(C)(C)C)CC1)NC(=O)O[C@H]1CCOC1)S(=O)(=O)C1CCC(N)CC1. The van der Waals surface area contributed by atoms with Crippen LogP contribution in [0.2, 0.25) is 0 Å². The third-order valence-corrected chi connectivity index (χ3v) is 11.4. The van der Waals surface area contributed by atoms with Crippen LogP contribution in [0.5, 0.6) is 0 Å². The molecule has 3 fully saturated rings. The average Bonchev–Trinajstić information content (AvgIpc) is 3.44. The minimum Gasteiger partial charge on any atom is -0.444 e. The molecule has 1 heterocycles. The fourth-order valence-electron chi connectivity index (χ4n) is 6.18. The Morgan fingerprint density at radius 1 is 1.00 bits per heavy atom. The van der Waals surface area contributed by atoms with Crippen LogP contribution in [0, 0.1) is 17.3 Å². The smallest absolute Gasteiger partial charge is 0.407 e. The zero-order valence-electron chi connectivity index (χ0n) is 27.0. The lowest BCUT2D eigenvalue weighted by molar-refractivity contribution is -0.134. The molecule has 4 N–H and O–H groups in total. The molecule has 0 spiro atoms. The van der Waals surface area contributed by atoms with Crippen LogP contribution in [0.3, 0.4) is 0 Å². The number of rotatable bonds is 14. The number of alkyl carbamates (subject to hydrolysis) is 1. The van der Waals surface area contributed by atoms with Crippen molar-refractivity contribution in [2.75, 3.05) is 32.9 Å². The molecule has 3 rings (SSSR count). The molecule has 0 aromatic carbocycles. The number of amides is 1. The Hall–Kier alpha value is -1.31. The van der Waals surface area contributed by atoms with Gasteiger partial charge < -0.3 is 30.4 Å². The highest BCUT2D eigenvalue weighted by atomic mass is 32.2. The second-order valence-electron chi connectivity index (χ2n) is 14.4. The first kappa shape index (κ1) is 36.2. The summed E-state index contributed by atoms with van der Waals surface area (Å²) in [6.45, 7) is 10.7. The van der Waals surface area contributed by atoms with E-state index in [0.717, 1.165) is 25.7 Å². The van der Waals surface area contributed by atoms with Gasteiger partial charge in [0.2, 0.25) is 10.0 Å². The molecule has 0 aromatic rings. The second kappa shape index (κ2) is 16.3. The van der Waals surface area contributed by atoms with Crippen molar-refractivity contribution in [2.45, 2.75) is 134 Å². The fourth-order valence-corrected chi connectivity index (χ4v) is 8.34. The molecule has 3 atom stereocenters. The number of aliphatic hydroxyl groups is 1. The maximum atomic E-state index is 13.7. The molecule has 1 aliphatic heterocycles. The van der Waals surface area contributed by atoms with Crippen LogP contribution in [0.15, 0.2) is 0 Å². The minimum absolute atomic E-state index is 0.00139. The van der Waals surface area contributed by atoms with Crippen LogP contribution in [0.25, 0.3) is 0 Å². The number of sulfonamides is 1. The molecule has 3 aliphatic rings. The highest BCUT2D eigenvalue weighted by Gasteiger charge is 2.38. The Bertz CT molecular complexity index is 979. The number of hydrogen-bond donors (Lipinski definition) is 3. The standard InChI is InChI=1S/C31H57N3O8S/c1-21(2)17-34(43(38,39)26-12-8-23(32)9-13-26)18-28(35)27(33-30(37)42-25-14-15-40-19-25)16-22-6-10-24(11-7-22)41-20-29(36)31(3,4)5/h21-28,35H,6-20,32H2,1-5H3,(H,33,37)/t22?,23?,24?,25-,26?,27-,28+/m0/s1. The fraction of sp³-hybridized carbons (Fsp3) is 0.935. The number of ether oxygens (including phenoxy) is 3. The summed E-state index contributed by atoms with van der Waals surface area (Å²) in [4.78, 5) is 25.2. The molecule has 0 aromatic heterocycles. The first-order chi connectivity index (χ1) is 20.1. The highest BCUT2D eigenvalue weighted by molar-refractivity contribution is 7.89. The van der Waals surface area contributed by atoms with Crippen LogP contribution >= 0.6 is 0 Å². The number of carbonyl (C=O) groups excluding carboxylic acids is 2. The van der Waals surface area contributed by atoms with Gasteiger partial charge in [-0.1, -0.05) is 34.6 Å². The normalized spacial score (nSPS) is 28.5. The lowest BCUT2D eigenvalue weighted by atomic mass is 9.82. The van der Waals surface area contributed by atoms with Crippen molar-refractivity contribution in [3.8, 4) is 0 Å². The summed E-state index contributed by atoms with van der Waals surface area (Å²) in [6.07, 6.45) is 4.59. The van der Waals surface area contributed by atoms with E-state index in [1.54, 1.807) is 0 Å². The van der Waals surface area contributed by atoms with Gasteiger partial charge in [-0.05, 0) is 69.6 Å². The van der Waals surface area contributed by atoms with Gasteiger partial charge >= 0.3 is 6.09 Å². The first-order valence-electron chi connectivity index (χ1n) is 16.3. The molecule has 1 amide bonds. The number of ketones is 1. The van der Waals surface area contributed by atoms with Crippen molar-refractivity contribution in [2.24, 2.45) is 23.0 Å². The maximum Gasteiger partial charge on any atom is 0.407 e. The molecule has 0 unspecified atom stereocenters. The van der Waals surface area contributed by atoms with E-state index in [0.29, 0.717) is 51.7 Å². The van der Waals surface area contributed by atoms with Crippen molar-refractivity contribution in [3.63, 3.8) is 0 Å².